The fourth-order valence-corrected chi connectivity index (χ4v) is 1.32. The summed E-state index contributed by atoms with van der Waals surface area (Å²) in [6.07, 6.45) is 6.40. The molecule has 11 heavy (non-hydrogen) atoms. The van der Waals surface area contributed by atoms with E-state index in [-0.39, 0.29) is 0 Å². The second-order valence-corrected chi connectivity index (χ2v) is 2.94. The minimum atomic E-state index is 0.376. The van der Waals surface area contributed by atoms with Gasteiger partial charge in [-0.1, -0.05) is 0 Å². The maximum absolute atomic E-state index is 5.39. The summed E-state index contributed by atoms with van der Waals surface area (Å²) in [4.78, 5) is 2.36. The van der Waals surface area contributed by atoms with E-state index in [4.69, 9.17) is 11.2 Å². The van der Waals surface area contributed by atoms with Gasteiger partial charge in [-0.05, 0) is 6.92 Å². The Morgan fingerprint density at radius 2 is 2.55 bits per heavy atom. The fourth-order valence-electron chi connectivity index (χ4n) is 1.32. The Morgan fingerprint density at radius 1 is 1.73 bits per heavy atom. The molecule has 0 aromatic rings. The standard InChI is InChI=1S/C9H15NO/c1-3-4-5-10-6-7-11-9(2)8-10/h1,9H,4-8H2,2H3. The van der Waals surface area contributed by atoms with Crippen LogP contribution in [-0.2, 0) is 4.74 Å². The van der Waals surface area contributed by atoms with Crippen molar-refractivity contribution in [3.05, 3.63) is 0 Å². The summed E-state index contributed by atoms with van der Waals surface area (Å²) in [6.45, 7) is 6.03. The van der Waals surface area contributed by atoms with E-state index in [1.165, 1.54) is 0 Å². The molecule has 1 aliphatic heterocycles. The first kappa shape index (κ1) is 8.58. The van der Waals surface area contributed by atoms with Crippen molar-refractivity contribution in [2.75, 3.05) is 26.2 Å². The van der Waals surface area contributed by atoms with Crippen molar-refractivity contribution >= 4 is 0 Å². The van der Waals surface area contributed by atoms with E-state index in [1.54, 1.807) is 0 Å². The highest BCUT2D eigenvalue weighted by Gasteiger charge is 2.14. The van der Waals surface area contributed by atoms with Crippen molar-refractivity contribution in [3.63, 3.8) is 0 Å². The largest absolute Gasteiger partial charge is 0.376 e. The summed E-state index contributed by atoms with van der Waals surface area (Å²) in [7, 11) is 0. The first-order chi connectivity index (χ1) is 5.33. The molecular formula is C9H15NO. The summed E-state index contributed by atoms with van der Waals surface area (Å²) in [5.74, 6) is 2.65. The molecule has 1 aliphatic rings. The molecule has 0 amide bonds. The molecule has 62 valence electrons. The lowest BCUT2D eigenvalue weighted by Gasteiger charge is -2.30. The molecule has 2 nitrogen and oxygen atoms in total. The van der Waals surface area contributed by atoms with Crippen LogP contribution < -0.4 is 0 Å². The highest BCUT2D eigenvalue weighted by atomic mass is 16.5. The van der Waals surface area contributed by atoms with Crippen LogP contribution in [0.4, 0.5) is 0 Å². The number of hydrogen-bond donors (Lipinski definition) is 0. The van der Waals surface area contributed by atoms with Crippen molar-refractivity contribution in [1.82, 2.24) is 4.90 Å². The zero-order valence-corrected chi connectivity index (χ0v) is 7.05. The monoisotopic (exact) mass is 153 g/mol. The van der Waals surface area contributed by atoms with Gasteiger partial charge in [0, 0.05) is 26.1 Å². The van der Waals surface area contributed by atoms with Gasteiger partial charge in [-0.3, -0.25) is 4.90 Å². The number of ether oxygens (including phenoxy) is 1. The molecule has 1 saturated heterocycles. The summed E-state index contributed by atoms with van der Waals surface area (Å²) < 4.78 is 5.39. The number of morpholine rings is 1. The Kier molecular flexibility index (Phi) is 3.41. The molecule has 1 unspecified atom stereocenters. The van der Waals surface area contributed by atoms with Gasteiger partial charge < -0.3 is 4.74 Å². The van der Waals surface area contributed by atoms with Crippen molar-refractivity contribution in [2.24, 2.45) is 0 Å². The van der Waals surface area contributed by atoms with Gasteiger partial charge in [0.25, 0.3) is 0 Å². The average molecular weight is 153 g/mol. The first-order valence-corrected chi connectivity index (χ1v) is 4.10. The van der Waals surface area contributed by atoms with Gasteiger partial charge in [-0.2, -0.15) is 0 Å². The van der Waals surface area contributed by atoms with Crippen LogP contribution in [0.5, 0.6) is 0 Å². The zero-order valence-electron chi connectivity index (χ0n) is 7.05. The third kappa shape index (κ3) is 2.92. The highest BCUT2D eigenvalue weighted by molar-refractivity contribution is 4.85. The SMILES string of the molecule is C#CCCN1CCOC(C)C1. The Balaban J connectivity index is 2.18. The van der Waals surface area contributed by atoms with Crippen LogP contribution >= 0.6 is 0 Å². The molecule has 0 aromatic carbocycles. The topological polar surface area (TPSA) is 12.5 Å². The molecule has 1 rings (SSSR count). The summed E-state index contributed by atoms with van der Waals surface area (Å²) in [5.41, 5.74) is 0. The van der Waals surface area contributed by atoms with Crippen LogP contribution in [0, 0.1) is 12.3 Å². The minimum absolute atomic E-state index is 0.376. The first-order valence-electron chi connectivity index (χ1n) is 4.10. The van der Waals surface area contributed by atoms with Crippen LogP contribution in [0.3, 0.4) is 0 Å². The summed E-state index contributed by atoms with van der Waals surface area (Å²) in [6, 6.07) is 0. The van der Waals surface area contributed by atoms with E-state index in [0.717, 1.165) is 32.7 Å². The lowest BCUT2D eigenvalue weighted by molar-refractivity contribution is -0.0173. The molecule has 1 atom stereocenters. The van der Waals surface area contributed by atoms with Crippen molar-refractivity contribution < 1.29 is 4.74 Å². The van der Waals surface area contributed by atoms with Crippen LogP contribution in [0.15, 0.2) is 0 Å². The molecule has 1 heterocycles. The number of hydrogen-bond acceptors (Lipinski definition) is 2. The third-order valence-corrected chi connectivity index (χ3v) is 1.90. The van der Waals surface area contributed by atoms with E-state index >= 15 is 0 Å². The van der Waals surface area contributed by atoms with E-state index in [2.05, 4.69) is 17.7 Å². The normalized spacial score (nSPS) is 26.4. The van der Waals surface area contributed by atoms with Gasteiger partial charge in [0.05, 0.1) is 12.7 Å². The summed E-state index contributed by atoms with van der Waals surface area (Å²) >= 11 is 0. The molecule has 0 bridgehead atoms. The third-order valence-electron chi connectivity index (χ3n) is 1.90. The van der Waals surface area contributed by atoms with E-state index < -0.39 is 0 Å². The quantitative estimate of drug-likeness (QED) is 0.542. The zero-order chi connectivity index (χ0) is 8.10. The van der Waals surface area contributed by atoms with Gasteiger partial charge in [-0.15, -0.1) is 12.3 Å². The molecule has 0 aliphatic carbocycles. The van der Waals surface area contributed by atoms with Crippen LogP contribution in [-0.4, -0.2) is 37.2 Å². The predicted octanol–water partition coefficient (Wildman–Crippen LogP) is 0.730. The van der Waals surface area contributed by atoms with Crippen molar-refractivity contribution in [3.8, 4) is 12.3 Å². The average Bonchev–Trinajstić information content (AvgIpc) is 2.01. The van der Waals surface area contributed by atoms with E-state index in [0.29, 0.717) is 6.10 Å². The van der Waals surface area contributed by atoms with E-state index in [1.807, 2.05) is 0 Å². The number of rotatable bonds is 2. The van der Waals surface area contributed by atoms with Gasteiger partial charge in [0.15, 0.2) is 0 Å². The lowest BCUT2D eigenvalue weighted by atomic mass is 10.3. The van der Waals surface area contributed by atoms with Crippen LogP contribution in [0.1, 0.15) is 13.3 Å². The lowest BCUT2D eigenvalue weighted by Crippen LogP contribution is -2.41. The molecule has 1 fully saturated rings. The van der Waals surface area contributed by atoms with E-state index in [9.17, 15) is 0 Å². The number of nitrogens with zero attached hydrogens (tertiary/aromatic N) is 1. The molecule has 0 spiro atoms. The van der Waals surface area contributed by atoms with Crippen LogP contribution in [0.25, 0.3) is 0 Å². The smallest absolute Gasteiger partial charge is 0.0674 e. The predicted molar refractivity (Wildman–Crippen MR) is 45.3 cm³/mol. The molecule has 0 aromatic heterocycles. The Hall–Kier alpha value is -0.520. The molecule has 2 heteroatoms. The Labute approximate surface area is 68.5 Å². The van der Waals surface area contributed by atoms with Gasteiger partial charge in [0.1, 0.15) is 0 Å². The Morgan fingerprint density at radius 3 is 3.18 bits per heavy atom. The van der Waals surface area contributed by atoms with Crippen molar-refractivity contribution in [1.29, 1.82) is 0 Å². The highest BCUT2D eigenvalue weighted by Crippen LogP contribution is 2.03. The second kappa shape index (κ2) is 4.38. The maximum Gasteiger partial charge on any atom is 0.0674 e. The van der Waals surface area contributed by atoms with Crippen molar-refractivity contribution in [2.45, 2.75) is 19.4 Å². The summed E-state index contributed by atoms with van der Waals surface area (Å²) in [5, 5.41) is 0. The fraction of sp³-hybridized carbons (Fsp3) is 0.778. The molecule has 0 saturated carbocycles. The molecular weight excluding hydrogens is 138 g/mol. The van der Waals surface area contributed by atoms with Gasteiger partial charge in [0.2, 0.25) is 0 Å². The molecule has 0 radical (unpaired) electrons. The van der Waals surface area contributed by atoms with Gasteiger partial charge in [-0.25, -0.2) is 0 Å². The number of terminal acetylenes is 1. The van der Waals surface area contributed by atoms with Crippen LogP contribution in [0.2, 0.25) is 0 Å². The maximum atomic E-state index is 5.39. The Bertz CT molecular complexity index is 150. The molecule has 0 N–H and O–H groups in total. The van der Waals surface area contributed by atoms with Gasteiger partial charge >= 0.3 is 0 Å². The minimum Gasteiger partial charge on any atom is -0.376 e. The second-order valence-electron chi connectivity index (χ2n) is 2.94.